The first-order chi connectivity index (χ1) is 11.1. The van der Waals surface area contributed by atoms with Crippen LogP contribution in [0.25, 0.3) is 16.9 Å². The molecule has 0 fully saturated rings. The third kappa shape index (κ3) is 3.14. The van der Waals surface area contributed by atoms with Gasteiger partial charge in [-0.05, 0) is 30.2 Å². The smallest absolute Gasteiger partial charge is 0.274 e. The number of nitrogens with zero attached hydrogens (tertiary/aromatic N) is 1. The fourth-order valence-corrected chi connectivity index (χ4v) is 2.65. The second-order valence-corrected chi connectivity index (χ2v) is 5.67. The van der Waals surface area contributed by atoms with E-state index in [2.05, 4.69) is 17.6 Å². The largest absolute Gasteiger partial charge is 0.333 e. The van der Waals surface area contributed by atoms with Crippen LogP contribution < -0.4 is 11.2 Å². The number of H-pyrrole nitrogens is 1. The van der Waals surface area contributed by atoms with E-state index in [1.807, 2.05) is 55.5 Å². The van der Waals surface area contributed by atoms with Gasteiger partial charge in [0.25, 0.3) is 5.56 Å². The van der Waals surface area contributed by atoms with Crippen LogP contribution in [0.5, 0.6) is 0 Å². The molecule has 0 bridgehead atoms. The molecule has 0 amide bonds. The fraction of sp³-hybridized carbons (Fsp3) is 0.111. The van der Waals surface area contributed by atoms with Crippen LogP contribution in [0.15, 0.2) is 64.2 Å². The summed E-state index contributed by atoms with van der Waals surface area (Å²) in [5, 5.41) is 0. The summed E-state index contributed by atoms with van der Waals surface area (Å²) in [6.07, 6.45) is 0. The van der Waals surface area contributed by atoms with Gasteiger partial charge >= 0.3 is 5.69 Å². The second-order valence-electron chi connectivity index (χ2n) is 5.35. The van der Waals surface area contributed by atoms with Gasteiger partial charge in [-0.25, -0.2) is 4.79 Å². The predicted octanol–water partition coefficient (Wildman–Crippen LogP) is 2.93. The van der Waals surface area contributed by atoms with Crippen molar-refractivity contribution in [3.05, 3.63) is 86.6 Å². The summed E-state index contributed by atoms with van der Waals surface area (Å²) in [5.74, 6) is 0.639. The molecule has 0 spiro atoms. The lowest BCUT2D eigenvalue weighted by atomic mass is 10.1. The van der Waals surface area contributed by atoms with Gasteiger partial charge in [0.1, 0.15) is 0 Å². The lowest BCUT2D eigenvalue weighted by Gasteiger charge is -2.13. The molecule has 0 radical (unpaired) electrons. The molecule has 4 nitrogen and oxygen atoms in total. The summed E-state index contributed by atoms with van der Waals surface area (Å²) < 4.78 is 1.51. The van der Waals surface area contributed by atoms with Gasteiger partial charge in [-0.1, -0.05) is 42.0 Å². The maximum atomic E-state index is 12.3. The van der Waals surface area contributed by atoms with E-state index in [0.717, 1.165) is 16.7 Å². The van der Waals surface area contributed by atoms with Crippen molar-refractivity contribution in [1.29, 1.82) is 0 Å². The monoisotopic (exact) mass is 324 g/mol. The van der Waals surface area contributed by atoms with Crippen molar-refractivity contribution < 1.29 is 0 Å². The van der Waals surface area contributed by atoms with E-state index in [1.54, 1.807) is 0 Å². The highest BCUT2D eigenvalue weighted by atomic mass is 32.1. The van der Waals surface area contributed by atoms with Gasteiger partial charge in [-0.15, -0.1) is 0 Å². The molecule has 0 saturated heterocycles. The van der Waals surface area contributed by atoms with Crippen LogP contribution in [-0.4, -0.2) is 9.55 Å². The Kier molecular flexibility index (Phi) is 4.21. The lowest BCUT2D eigenvalue weighted by molar-refractivity contribution is 0.904. The minimum Gasteiger partial charge on any atom is -0.274 e. The first kappa shape index (κ1) is 15.4. The van der Waals surface area contributed by atoms with E-state index < -0.39 is 11.2 Å². The standard InChI is InChI=1S/C18H16N2O2S/c1-12-2-8-15(9-3-12)20-16(10-17(21)19-18(20)22)14-6-4-13(11-23)5-7-14/h2-10,23H,11H2,1H3,(H,19,21,22). The number of nitrogens with one attached hydrogen (secondary N) is 1. The van der Waals surface area contributed by atoms with Crippen molar-refractivity contribution in [3.8, 4) is 16.9 Å². The zero-order valence-electron chi connectivity index (χ0n) is 12.6. The molecule has 5 heteroatoms. The molecule has 1 aromatic heterocycles. The maximum Gasteiger partial charge on any atom is 0.333 e. The van der Waals surface area contributed by atoms with Crippen molar-refractivity contribution in [2.45, 2.75) is 12.7 Å². The SMILES string of the molecule is Cc1ccc(-n2c(-c3ccc(CS)cc3)cc(=O)[nH]c2=O)cc1. The molecule has 0 aliphatic rings. The number of aromatic nitrogens is 2. The predicted molar refractivity (Wildman–Crippen MR) is 95.5 cm³/mol. The molecular weight excluding hydrogens is 308 g/mol. The van der Waals surface area contributed by atoms with Crippen LogP contribution in [0.4, 0.5) is 0 Å². The van der Waals surface area contributed by atoms with Gasteiger partial charge in [-0.2, -0.15) is 12.6 Å². The third-order valence-corrected chi connectivity index (χ3v) is 4.03. The number of rotatable bonds is 3. The van der Waals surface area contributed by atoms with E-state index in [0.29, 0.717) is 17.1 Å². The van der Waals surface area contributed by atoms with Gasteiger partial charge in [0, 0.05) is 11.8 Å². The Hall–Kier alpha value is -2.53. The number of benzene rings is 2. The van der Waals surface area contributed by atoms with Crippen LogP contribution in [0.3, 0.4) is 0 Å². The molecule has 0 unspecified atom stereocenters. The first-order valence-electron chi connectivity index (χ1n) is 7.22. The van der Waals surface area contributed by atoms with Crippen LogP contribution in [0.2, 0.25) is 0 Å². The van der Waals surface area contributed by atoms with Crippen molar-refractivity contribution >= 4 is 12.6 Å². The van der Waals surface area contributed by atoms with Gasteiger partial charge in [0.05, 0.1) is 11.4 Å². The number of hydrogen-bond donors (Lipinski definition) is 2. The van der Waals surface area contributed by atoms with Crippen LogP contribution in [0.1, 0.15) is 11.1 Å². The fourth-order valence-electron chi connectivity index (χ4n) is 2.44. The Labute approximate surface area is 138 Å². The van der Waals surface area contributed by atoms with Gasteiger partial charge in [0.2, 0.25) is 0 Å². The third-order valence-electron chi connectivity index (χ3n) is 3.67. The molecule has 3 rings (SSSR count). The Morgan fingerprint density at radius 2 is 1.65 bits per heavy atom. The van der Waals surface area contributed by atoms with E-state index in [1.165, 1.54) is 10.6 Å². The zero-order chi connectivity index (χ0) is 16.4. The topological polar surface area (TPSA) is 54.9 Å². The Morgan fingerprint density at radius 3 is 2.26 bits per heavy atom. The van der Waals surface area contributed by atoms with Gasteiger partial charge in [0.15, 0.2) is 0 Å². The van der Waals surface area contributed by atoms with Crippen molar-refractivity contribution in [2.24, 2.45) is 0 Å². The maximum absolute atomic E-state index is 12.3. The molecule has 3 aromatic rings. The lowest BCUT2D eigenvalue weighted by Crippen LogP contribution is -2.29. The molecule has 23 heavy (non-hydrogen) atoms. The molecule has 0 aliphatic heterocycles. The van der Waals surface area contributed by atoms with Crippen LogP contribution in [0, 0.1) is 6.92 Å². The highest BCUT2D eigenvalue weighted by Gasteiger charge is 2.10. The molecule has 2 aromatic carbocycles. The van der Waals surface area contributed by atoms with Crippen molar-refractivity contribution in [3.63, 3.8) is 0 Å². The van der Waals surface area contributed by atoms with Crippen molar-refractivity contribution in [1.82, 2.24) is 9.55 Å². The van der Waals surface area contributed by atoms with Crippen LogP contribution in [-0.2, 0) is 5.75 Å². The molecule has 0 atom stereocenters. The molecular formula is C18H16N2O2S. The Balaban J connectivity index is 2.24. The Morgan fingerprint density at radius 1 is 1.00 bits per heavy atom. The zero-order valence-corrected chi connectivity index (χ0v) is 13.5. The average Bonchev–Trinajstić information content (AvgIpc) is 2.55. The summed E-state index contributed by atoms with van der Waals surface area (Å²) in [6.45, 7) is 1.98. The average molecular weight is 324 g/mol. The van der Waals surface area contributed by atoms with E-state index in [9.17, 15) is 9.59 Å². The summed E-state index contributed by atoms with van der Waals surface area (Å²) in [6, 6.07) is 16.7. The molecule has 1 N–H and O–H groups in total. The van der Waals surface area contributed by atoms with E-state index in [-0.39, 0.29) is 0 Å². The summed E-state index contributed by atoms with van der Waals surface area (Å²) in [5.41, 5.74) is 3.40. The van der Waals surface area contributed by atoms with Gasteiger partial charge in [-0.3, -0.25) is 14.3 Å². The number of aryl methyl sites for hydroxylation is 1. The minimum absolute atomic E-state index is 0.411. The number of aromatic amines is 1. The summed E-state index contributed by atoms with van der Waals surface area (Å²) >= 11 is 4.24. The molecule has 0 aliphatic carbocycles. The quantitative estimate of drug-likeness (QED) is 0.728. The highest BCUT2D eigenvalue weighted by Crippen LogP contribution is 2.21. The van der Waals surface area contributed by atoms with Crippen molar-refractivity contribution in [2.75, 3.05) is 0 Å². The van der Waals surface area contributed by atoms with E-state index in [4.69, 9.17) is 0 Å². The highest BCUT2D eigenvalue weighted by molar-refractivity contribution is 7.79. The number of thiol groups is 1. The molecule has 0 saturated carbocycles. The van der Waals surface area contributed by atoms with E-state index >= 15 is 0 Å². The summed E-state index contributed by atoms with van der Waals surface area (Å²) in [7, 11) is 0. The molecule has 116 valence electrons. The molecule has 1 heterocycles. The normalized spacial score (nSPS) is 10.7. The summed E-state index contributed by atoms with van der Waals surface area (Å²) in [4.78, 5) is 26.4. The first-order valence-corrected chi connectivity index (χ1v) is 7.85. The number of hydrogen-bond acceptors (Lipinski definition) is 3. The second kappa shape index (κ2) is 6.30. The minimum atomic E-state index is -0.449. The van der Waals surface area contributed by atoms with Gasteiger partial charge < -0.3 is 0 Å². The Bertz CT molecular complexity index is 938. The van der Waals surface area contributed by atoms with Crippen LogP contribution >= 0.6 is 12.6 Å².